The maximum atomic E-state index is 10.5. The lowest BCUT2D eigenvalue weighted by atomic mass is 10.0. The van der Waals surface area contributed by atoms with Gasteiger partial charge >= 0.3 is 0 Å². The summed E-state index contributed by atoms with van der Waals surface area (Å²) < 4.78 is 10.5. The Hall–Kier alpha value is -0.410. The molecule has 1 atom stereocenters. The van der Waals surface area contributed by atoms with Crippen LogP contribution in [-0.2, 0) is 14.3 Å². The van der Waals surface area contributed by atoms with E-state index >= 15 is 0 Å². The number of aldehydes is 1. The molecular formula is C9H16O3. The van der Waals surface area contributed by atoms with Crippen LogP contribution in [0, 0.1) is 5.92 Å². The molecule has 1 aliphatic heterocycles. The topological polar surface area (TPSA) is 35.5 Å². The normalized spacial score (nSPS) is 21.1. The van der Waals surface area contributed by atoms with Crippen LogP contribution in [0.5, 0.6) is 0 Å². The maximum absolute atomic E-state index is 10.5. The fraction of sp³-hybridized carbons (Fsp3) is 0.889. The summed E-state index contributed by atoms with van der Waals surface area (Å²) in [4.78, 5) is 10.5. The lowest BCUT2D eigenvalue weighted by Gasteiger charge is -2.11. The van der Waals surface area contributed by atoms with Crippen LogP contribution in [0.15, 0.2) is 0 Å². The SMILES string of the molecule is CCC(C=O)CCC1OCCO1. The fourth-order valence-corrected chi connectivity index (χ4v) is 1.29. The molecule has 1 aliphatic rings. The molecule has 3 heteroatoms. The first-order valence-corrected chi connectivity index (χ1v) is 4.55. The molecule has 3 nitrogen and oxygen atoms in total. The van der Waals surface area contributed by atoms with Gasteiger partial charge in [-0.2, -0.15) is 0 Å². The Bertz CT molecular complexity index is 130. The Morgan fingerprint density at radius 2 is 2.17 bits per heavy atom. The molecule has 12 heavy (non-hydrogen) atoms. The molecule has 0 aromatic carbocycles. The quantitative estimate of drug-likeness (QED) is 0.587. The van der Waals surface area contributed by atoms with Gasteiger partial charge in [0.25, 0.3) is 0 Å². The van der Waals surface area contributed by atoms with Crippen LogP contribution >= 0.6 is 0 Å². The molecule has 1 unspecified atom stereocenters. The van der Waals surface area contributed by atoms with E-state index in [-0.39, 0.29) is 12.2 Å². The summed E-state index contributed by atoms with van der Waals surface area (Å²) in [6.45, 7) is 3.42. The summed E-state index contributed by atoms with van der Waals surface area (Å²) in [5.41, 5.74) is 0. The van der Waals surface area contributed by atoms with E-state index in [0.717, 1.165) is 25.5 Å². The molecule has 0 amide bonds. The van der Waals surface area contributed by atoms with E-state index < -0.39 is 0 Å². The zero-order valence-electron chi connectivity index (χ0n) is 7.49. The molecule has 1 saturated heterocycles. The fourth-order valence-electron chi connectivity index (χ4n) is 1.29. The molecule has 70 valence electrons. The number of carbonyl (C=O) groups is 1. The van der Waals surface area contributed by atoms with E-state index in [1.807, 2.05) is 6.92 Å². The number of hydrogen-bond donors (Lipinski definition) is 0. The van der Waals surface area contributed by atoms with Gasteiger partial charge in [-0.3, -0.25) is 0 Å². The van der Waals surface area contributed by atoms with Crippen LogP contribution in [0.1, 0.15) is 26.2 Å². The molecule has 0 saturated carbocycles. The summed E-state index contributed by atoms with van der Waals surface area (Å²) in [6.07, 6.45) is 3.60. The minimum absolute atomic E-state index is 0.0565. The van der Waals surface area contributed by atoms with E-state index in [4.69, 9.17) is 9.47 Å². The van der Waals surface area contributed by atoms with E-state index in [1.54, 1.807) is 0 Å². The van der Waals surface area contributed by atoms with Crippen LogP contribution < -0.4 is 0 Å². The number of carbonyl (C=O) groups excluding carboxylic acids is 1. The lowest BCUT2D eigenvalue weighted by Crippen LogP contribution is -2.11. The predicted molar refractivity (Wildman–Crippen MR) is 44.8 cm³/mol. The summed E-state index contributed by atoms with van der Waals surface area (Å²) >= 11 is 0. The molecule has 0 N–H and O–H groups in total. The van der Waals surface area contributed by atoms with Gasteiger partial charge in [0.15, 0.2) is 6.29 Å². The zero-order valence-corrected chi connectivity index (χ0v) is 7.49. The minimum Gasteiger partial charge on any atom is -0.350 e. The number of hydrogen-bond acceptors (Lipinski definition) is 3. The van der Waals surface area contributed by atoms with Crippen molar-refractivity contribution in [1.29, 1.82) is 0 Å². The molecule has 1 fully saturated rings. The molecular weight excluding hydrogens is 156 g/mol. The first kappa shape index (κ1) is 9.68. The van der Waals surface area contributed by atoms with Gasteiger partial charge < -0.3 is 14.3 Å². The van der Waals surface area contributed by atoms with Crippen molar-refractivity contribution in [3.8, 4) is 0 Å². The van der Waals surface area contributed by atoms with E-state index in [2.05, 4.69) is 0 Å². The Balaban J connectivity index is 2.10. The molecule has 0 bridgehead atoms. The van der Waals surface area contributed by atoms with Gasteiger partial charge in [0.05, 0.1) is 13.2 Å². The Labute approximate surface area is 73.0 Å². The van der Waals surface area contributed by atoms with Gasteiger partial charge in [0.2, 0.25) is 0 Å². The highest BCUT2D eigenvalue weighted by Gasteiger charge is 2.17. The van der Waals surface area contributed by atoms with Crippen LogP contribution in [0.2, 0.25) is 0 Å². The zero-order chi connectivity index (χ0) is 8.81. The molecule has 1 heterocycles. The van der Waals surface area contributed by atoms with Crippen molar-refractivity contribution in [3.63, 3.8) is 0 Å². The molecule has 1 rings (SSSR count). The van der Waals surface area contributed by atoms with Gasteiger partial charge in [0, 0.05) is 5.92 Å². The van der Waals surface area contributed by atoms with Crippen LogP contribution in [-0.4, -0.2) is 25.8 Å². The molecule has 0 aromatic rings. The van der Waals surface area contributed by atoms with Gasteiger partial charge in [-0.05, 0) is 19.3 Å². The van der Waals surface area contributed by atoms with Crippen molar-refractivity contribution < 1.29 is 14.3 Å². The highest BCUT2D eigenvalue weighted by Crippen LogP contribution is 2.15. The first-order chi connectivity index (χ1) is 5.86. The van der Waals surface area contributed by atoms with Crippen molar-refractivity contribution in [3.05, 3.63) is 0 Å². The average Bonchev–Trinajstić information content (AvgIpc) is 2.59. The monoisotopic (exact) mass is 172 g/mol. The van der Waals surface area contributed by atoms with Crippen molar-refractivity contribution in [1.82, 2.24) is 0 Å². The van der Waals surface area contributed by atoms with E-state index in [0.29, 0.717) is 13.2 Å². The standard InChI is InChI=1S/C9H16O3/c1-2-8(7-10)3-4-9-11-5-6-12-9/h7-9H,2-6H2,1H3. The Morgan fingerprint density at radius 1 is 1.50 bits per heavy atom. The van der Waals surface area contributed by atoms with Crippen LogP contribution in [0.4, 0.5) is 0 Å². The summed E-state index contributed by atoms with van der Waals surface area (Å²) in [5, 5.41) is 0. The van der Waals surface area contributed by atoms with Crippen LogP contribution in [0.3, 0.4) is 0 Å². The minimum atomic E-state index is -0.0565. The molecule has 0 spiro atoms. The second kappa shape index (κ2) is 5.27. The summed E-state index contributed by atoms with van der Waals surface area (Å²) in [7, 11) is 0. The third-order valence-electron chi connectivity index (χ3n) is 2.18. The van der Waals surface area contributed by atoms with Gasteiger partial charge in [0.1, 0.15) is 6.29 Å². The second-order valence-corrected chi connectivity index (χ2v) is 3.05. The van der Waals surface area contributed by atoms with E-state index in [9.17, 15) is 4.79 Å². The third kappa shape index (κ3) is 2.91. The predicted octanol–water partition coefficient (Wildman–Crippen LogP) is 1.36. The van der Waals surface area contributed by atoms with Crippen molar-refractivity contribution in [2.75, 3.05) is 13.2 Å². The number of rotatable bonds is 5. The third-order valence-corrected chi connectivity index (χ3v) is 2.18. The van der Waals surface area contributed by atoms with Crippen molar-refractivity contribution >= 4 is 6.29 Å². The highest BCUT2D eigenvalue weighted by molar-refractivity contribution is 5.53. The summed E-state index contributed by atoms with van der Waals surface area (Å²) in [5.74, 6) is 0.179. The smallest absolute Gasteiger partial charge is 0.157 e. The van der Waals surface area contributed by atoms with Crippen molar-refractivity contribution in [2.24, 2.45) is 5.92 Å². The molecule has 0 aliphatic carbocycles. The molecule has 0 radical (unpaired) electrons. The number of ether oxygens (including phenoxy) is 2. The van der Waals surface area contributed by atoms with Gasteiger partial charge in [-0.1, -0.05) is 6.92 Å². The molecule has 0 aromatic heterocycles. The van der Waals surface area contributed by atoms with Crippen molar-refractivity contribution in [2.45, 2.75) is 32.5 Å². The second-order valence-electron chi connectivity index (χ2n) is 3.05. The first-order valence-electron chi connectivity index (χ1n) is 4.55. The van der Waals surface area contributed by atoms with E-state index in [1.165, 1.54) is 0 Å². The van der Waals surface area contributed by atoms with Crippen LogP contribution in [0.25, 0.3) is 0 Å². The summed E-state index contributed by atoms with van der Waals surface area (Å²) in [6, 6.07) is 0. The Kier molecular flexibility index (Phi) is 4.25. The maximum Gasteiger partial charge on any atom is 0.157 e. The average molecular weight is 172 g/mol. The van der Waals surface area contributed by atoms with Gasteiger partial charge in [-0.15, -0.1) is 0 Å². The van der Waals surface area contributed by atoms with Gasteiger partial charge in [-0.25, -0.2) is 0 Å². The lowest BCUT2D eigenvalue weighted by molar-refractivity contribution is -0.112. The largest absolute Gasteiger partial charge is 0.350 e. The highest BCUT2D eigenvalue weighted by atomic mass is 16.7. The Morgan fingerprint density at radius 3 is 2.67 bits per heavy atom.